The topological polar surface area (TPSA) is 9.23 Å². The summed E-state index contributed by atoms with van der Waals surface area (Å²) in [6, 6.07) is 6.50. The molecule has 2 atom stereocenters. The Morgan fingerprint density at radius 1 is 1.42 bits per heavy atom. The van der Waals surface area contributed by atoms with Gasteiger partial charge in [-0.2, -0.15) is 0 Å². The summed E-state index contributed by atoms with van der Waals surface area (Å²) in [5.41, 5.74) is 2.38. The van der Waals surface area contributed by atoms with Crippen molar-refractivity contribution in [1.82, 2.24) is 0 Å². The predicted molar refractivity (Wildman–Crippen MR) is 82.3 cm³/mol. The summed E-state index contributed by atoms with van der Waals surface area (Å²) in [6.07, 6.45) is 5.91. The van der Waals surface area contributed by atoms with Crippen molar-refractivity contribution in [2.75, 3.05) is 6.61 Å². The normalized spacial score (nSPS) is 24.4. The molecule has 2 rings (SSSR count). The molecule has 19 heavy (non-hydrogen) atoms. The van der Waals surface area contributed by atoms with Gasteiger partial charge in [-0.25, -0.2) is 0 Å². The van der Waals surface area contributed by atoms with Gasteiger partial charge >= 0.3 is 0 Å². The Labute approximate surface area is 116 Å². The number of ether oxygens (including phenoxy) is 1. The minimum Gasteiger partial charge on any atom is -0.378 e. The first kappa shape index (κ1) is 14.1. The highest BCUT2D eigenvalue weighted by molar-refractivity contribution is 5.44. The van der Waals surface area contributed by atoms with Gasteiger partial charge in [-0.3, -0.25) is 0 Å². The summed E-state index contributed by atoms with van der Waals surface area (Å²) in [6.45, 7) is 13.2. The molecule has 0 saturated carbocycles. The van der Waals surface area contributed by atoms with Crippen LogP contribution in [0.5, 0.6) is 0 Å². The lowest BCUT2D eigenvalue weighted by molar-refractivity contribution is -0.0101. The van der Waals surface area contributed by atoms with Gasteiger partial charge in [0.15, 0.2) is 0 Å². The minimum atomic E-state index is 0.381. The molecule has 0 aliphatic carbocycles. The highest BCUT2D eigenvalue weighted by atomic mass is 16.5. The van der Waals surface area contributed by atoms with Crippen LogP contribution in [0.1, 0.15) is 32.3 Å². The van der Waals surface area contributed by atoms with Gasteiger partial charge in [0.2, 0.25) is 0 Å². The van der Waals surface area contributed by atoms with Crippen molar-refractivity contribution in [2.45, 2.75) is 39.2 Å². The van der Waals surface area contributed by atoms with E-state index in [0.29, 0.717) is 12.0 Å². The molecule has 1 aliphatic heterocycles. The van der Waals surface area contributed by atoms with E-state index in [4.69, 9.17) is 4.74 Å². The van der Waals surface area contributed by atoms with Crippen molar-refractivity contribution < 1.29 is 4.74 Å². The maximum Gasteiger partial charge on any atom is 0.0615 e. The van der Waals surface area contributed by atoms with Crippen molar-refractivity contribution in [3.63, 3.8) is 0 Å². The van der Waals surface area contributed by atoms with Crippen LogP contribution in [0.4, 0.5) is 0 Å². The molecule has 0 bridgehead atoms. The third kappa shape index (κ3) is 4.07. The van der Waals surface area contributed by atoms with Gasteiger partial charge in [-0.15, -0.1) is 0 Å². The van der Waals surface area contributed by atoms with Crippen LogP contribution in [0.25, 0.3) is 12.7 Å². The monoisotopic (exact) mass is 256 g/mol. The molecule has 0 aromatic heterocycles. The smallest absolute Gasteiger partial charge is 0.0615 e. The predicted octanol–water partition coefficient (Wildman–Crippen LogP) is 2.81. The molecule has 102 valence electrons. The highest BCUT2D eigenvalue weighted by Gasteiger charge is 2.18. The molecule has 0 spiro atoms. The fourth-order valence-electron chi connectivity index (χ4n) is 2.55. The van der Waals surface area contributed by atoms with E-state index < -0.39 is 0 Å². The molecule has 1 aromatic carbocycles. The van der Waals surface area contributed by atoms with Gasteiger partial charge in [0.1, 0.15) is 0 Å². The van der Waals surface area contributed by atoms with Crippen LogP contribution in [-0.2, 0) is 11.2 Å². The second kappa shape index (κ2) is 6.21. The molecule has 1 fully saturated rings. The second-order valence-corrected chi connectivity index (χ2v) is 5.87. The third-order valence-corrected chi connectivity index (χ3v) is 3.67. The number of hydrogen-bond acceptors (Lipinski definition) is 1. The van der Waals surface area contributed by atoms with Crippen LogP contribution < -0.4 is 10.4 Å². The molecule has 0 radical (unpaired) electrons. The van der Waals surface area contributed by atoms with Crippen molar-refractivity contribution in [1.29, 1.82) is 0 Å². The quantitative estimate of drug-likeness (QED) is 0.808. The molecular formula is C18H24O. The maximum atomic E-state index is 5.89. The summed E-state index contributed by atoms with van der Waals surface area (Å²) >= 11 is 0. The van der Waals surface area contributed by atoms with Gasteiger partial charge in [-0.1, -0.05) is 49.9 Å². The average Bonchev–Trinajstić information content (AvgIpc) is 2.35. The zero-order valence-electron chi connectivity index (χ0n) is 12.1. The number of allylic oxidation sites excluding steroid dienone is 1. The third-order valence-electron chi connectivity index (χ3n) is 3.67. The second-order valence-electron chi connectivity index (χ2n) is 5.87. The number of benzene rings is 1. The zero-order valence-corrected chi connectivity index (χ0v) is 12.1. The van der Waals surface area contributed by atoms with Gasteiger partial charge in [-0.05, 0) is 48.1 Å². The first-order valence-electron chi connectivity index (χ1n) is 7.11. The van der Waals surface area contributed by atoms with E-state index in [1.165, 1.54) is 18.4 Å². The summed E-state index contributed by atoms with van der Waals surface area (Å²) in [4.78, 5) is 0. The fraction of sp³-hybridized carbons (Fsp3) is 0.444. The van der Waals surface area contributed by atoms with Crippen molar-refractivity contribution in [3.8, 4) is 0 Å². The minimum absolute atomic E-state index is 0.381. The molecule has 1 aliphatic rings. The Balaban J connectivity index is 2.08. The van der Waals surface area contributed by atoms with Crippen LogP contribution >= 0.6 is 0 Å². The Bertz CT molecular complexity index is 548. The van der Waals surface area contributed by atoms with Crippen LogP contribution in [0.15, 0.2) is 30.4 Å². The average molecular weight is 256 g/mol. The molecule has 0 amide bonds. The van der Waals surface area contributed by atoms with Crippen LogP contribution in [-0.4, -0.2) is 12.7 Å². The van der Waals surface area contributed by atoms with Gasteiger partial charge in [0, 0.05) is 6.61 Å². The van der Waals surface area contributed by atoms with Gasteiger partial charge in [0.05, 0.1) is 6.10 Å². The lowest BCUT2D eigenvalue weighted by Gasteiger charge is -2.27. The Morgan fingerprint density at radius 2 is 2.21 bits per heavy atom. The molecule has 1 heterocycles. The van der Waals surface area contributed by atoms with E-state index in [1.807, 2.05) is 6.92 Å². The maximum absolute atomic E-state index is 5.89. The van der Waals surface area contributed by atoms with E-state index in [0.717, 1.165) is 29.0 Å². The fourth-order valence-corrected chi connectivity index (χ4v) is 2.55. The van der Waals surface area contributed by atoms with Crippen LogP contribution in [0, 0.1) is 5.92 Å². The van der Waals surface area contributed by atoms with E-state index in [2.05, 4.69) is 44.4 Å². The first-order valence-corrected chi connectivity index (χ1v) is 7.11. The molecule has 1 saturated heterocycles. The first-order chi connectivity index (χ1) is 9.04. The van der Waals surface area contributed by atoms with Crippen LogP contribution in [0.2, 0.25) is 0 Å². The lowest BCUT2D eigenvalue weighted by atomic mass is 9.96. The van der Waals surface area contributed by atoms with Gasteiger partial charge < -0.3 is 4.74 Å². The summed E-state index contributed by atoms with van der Waals surface area (Å²) in [7, 11) is 0. The van der Waals surface area contributed by atoms with Gasteiger partial charge in [0.25, 0.3) is 0 Å². The Morgan fingerprint density at radius 3 is 2.79 bits per heavy atom. The number of hydrogen-bond donors (Lipinski definition) is 0. The zero-order chi connectivity index (χ0) is 13.8. The van der Waals surface area contributed by atoms with E-state index in [9.17, 15) is 0 Å². The molecular weight excluding hydrogens is 232 g/mol. The van der Waals surface area contributed by atoms with Crippen molar-refractivity contribution >= 4 is 12.7 Å². The summed E-state index contributed by atoms with van der Waals surface area (Å²) in [5.74, 6) is 0.715. The van der Waals surface area contributed by atoms with E-state index in [1.54, 1.807) is 0 Å². The Kier molecular flexibility index (Phi) is 4.60. The summed E-state index contributed by atoms with van der Waals surface area (Å²) < 4.78 is 5.89. The van der Waals surface area contributed by atoms with Crippen molar-refractivity contribution in [3.05, 3.63) is 46.4 Å². The highest BCUT2D eigenvalue weighted by Crippen LogP contribution is 2.20. The summed E-state index contributed by atoms with van der Waals surface area (Å²) in [5, 5.41) is 2.24. The SMILES string of the molecule is C=C(C)/C=c1/ccc(CC2CCC(C)CO2)cc1=C. The molecule has 0 N–H and O–H groups in total. The van der Waals surface area contributed by atoms with E-state index in [-0.39, 0.29) is 0 Å². The lowest BCUT2D eigenvalue weighted by Crippen LogP contribution is -2.28. The largest absolute Gasteiger partial charge is 0.378 e. The van der Waals surface area contributed by atoms with Crippen molar-refractivity contribution in [2.24, 2.45) is 5.92 Å². The van der Waals surface area contributed by atoms with Crippen LogP contribution in [0.3, 0.4) is 0 Å². The molecule has 2 unspecified atom stereocenters. The molecule has 1 aromatic rings. The Hall–Kier alpha value is -1.34. The van der Waals surface area contributed by atoms with E-state index >= 15 is 0 Å². The number of rotatable bonds is 3. The molecule has 1 heteroatoms. The molecule has 1 nitrogen and oxygen atoms in total. The standard InChI is InChI=1S/C18H24O/c1-13(2)9-17-7-6-16(10-15(17)4)11-18-8-5-14(3)12-19-18/h6-7,9-10,14,18H,1,4-5,8,11-12H2,2-3H3/b17-9-.